The predicted molar refractivity (Wildman–Crippen MR) is 47.4 cm³/mol. The minimum Gasteiger partial charge on any atom is -0.322 e. The average molecular weight is 222 g/mol. The number of quaternary nitrogens is 1. The van der Waals surface area contributed by atoms with Gasteiger partial charge in [0.25, 0.3) is 0 Å². The first kappa shape index (κ1) is 12.0. The van der Waals surface area contributed by atoms with Crippen LogP contribution in [0.2, 0.25) is 0 Å². The molecule has 15 heavy (non-hydrogen) atoms. The summed E-state index contributed by atoms with van der Waals surface area (Å²) in [4.78, 5) is 0. The van der Waals surface area contributed by atoms with E-state index in [0.717, 1.165) is 6.42 Å². The molecule has 0 aliphatic rings. The van der Waals surface area contributed by atoms with E-state index in [0.29, 0.717) is 6.42 Å². The summed E-state index contributed by atoms with van der Waals surface area (Å²) < 4.78 is 51.8. The highest BCUT2D eigenvalue weighted by atomic mass is 19.2. The maximum atomic E-state index is 13.2. The Hall–Kier alpha value is -1.10. The lowest BCUT2D eigenvalue weighted by atomic mass is 10.0. The summed E-state index contributed by atoms with van der Waals surface area (Å²) in [5.74, 6) is -6.28. The Bertz CT molecular complexity index is 347. The molecule has 0 aromatic heterocycles. The minimum absolute atomic E-state index is 0.162. The Labute approximate surface area is 84.9 Å². The summed E-state index contributed by atoms with van der Waals surface area (Å²) >= 11 is 0. The fourth-order valence-corrected chi connectivity index (χ4v) is 1.34. The molecule has 1 aromatic carbocycles. The molecule has 0 unspecified atom stereocenters. The van der Waals surface area contributed by atoms with Crippen LogP contribution in [-0.2, 0) is 6.42 Å². The molecule has 0 fully saturated rings. The maximum absolute atomic E-state index is 13.2. The van der Waals surface area contributed by atoms with Gasteiger partial charge in [-0.05, 0) is 12.8 Å². The minimum atomic E-state index is -1.79. The zero-order chi connectivity index (χ0) is 11.6. The molecule has 5 heteroatoms. The van der Waals surface area contributed by atoms with Crippen molar-refractivity contribution in [3.05, 3.63) is 28.8 Å². The van der Waals surface area contributed by atoms with E-state index in [1.807, 2.05) is 6.92 Å². The summed E-state index contributed by atoms with van der Waals surface area (Å²) in [5, 5.41) is 0. The van der Waals surface area contributed by atoms with Crippen molar-refractivity contribution in [1.82, 2.24) is 0 Å². The number of hydrogen-bond acceptors (Lipinski definition) is 0. The molecule has 0 amide bonds. The lowest BCUT2D eigenvalue weighted by molar-refractivity contribution is -0.260. The topological polar surface area (TPSA) is 27.6 Å². The van der Waals surface area contributed by atoms with Crippen LogP contribution in [0.25, 0.3) is 0 Å². The van der Waals surface area contributed by atoms with E-state index in [-0.39, 0.29) is 17.7 Å². The zero-order valence-electron chi connectivity index (χ0n) is 8.34. The Morgan fingerprint density at radius 3 is 2.00 bits per heavy atom. The Kier molecular flexibility index (Phi) is 3.68. The highest BCUT2D eigenvalue weighted by Gasteiger charge is 2.25. The molecule has 0 spiro atoms. The van der Waals surface area contributed by atoms with Crippen LogP contribution in [0.5, 0.6) is 0 Å². The van der Waals surface area contributed by atoms with Crippen molar-refractivity contribution in [1.29, 1.82) is 0 Å². The predicted octanol–water partition coefficient (Wildman–Crippen LogP) is 2.46. The third-order valence-corrected chi connectivity index (χ3v) is 2.25. The third-order valence-electron chi connectivity index (χ3n) is 2.25. The monoisotopic (exact) mass is 222 g/mol. The van der Waals surface area contributed by atoms with Gasteiger partial charge in [0.1, 0.15) is 0 Å². The van der Waals surface area contributed by atoms with Crippen molar-refractivity contribution >= 4 is 5.69 Å². The van der Waals surface area contributed by atoms with Crippen molar-refractivity contribution in [2.45, 2.75) is 26.2 Å². The van der Waals surface area contributed by atoms with Gasteiger partial charge in [0, 0.05) is 0 Å². The number of unbranched alkanes of at least 4 members (excludes halogenated alkanes) is 1. The largest absolute Gasteiger partial charge is 0.322 e. The maximum Gasteiger partial charge on any atom is 0.222 e. The van der Waals surface area contributed by atoms with Gasteiger partial charge >= 0.3 is 0 Å². The van der Waals surface area contributed by atoms with Crippen LogP contribution in [0.3, 0.4) is 0 Å². The van der Waals surface area contributed by atoms with E-state index in [4.69, 9.17) is 0 Å². The standard InChI is InChI=1S/C10H11F4N/c1-2-3-4-5-6(11)7(12)8(13)9(14)10(5)15/h2-4,15H2,1H3/p+1. The molecule has 84 valence electrons. The van der Waals surface area contributed by atoms with E-state index < -0.39 is 23.3 Å². The Morgan fingerprint density at radius 1 is 0.933 bits per heavy atom. The second-order valence-corrected chi connectivity index (χ2v) is 3.32. The van der Waals surface area contributed by atoms with Gasteiger partial charge in [-0.1, -0.05) is 13.3 Å². The molecule has 0 saturated heterocycles. The van der Waals surface area contributed by atoms with Crippen LogP contribution in [0, 0.1) is 23.3 Å². The van der Waals surface area contributed by atoms with Crippen molar-refractivity contribution in [3.63, 3.8) is 0 Å². The smallest absolute Gasteiger partial charge is 0.222 e. The third kappa shape index (κ3) is 2.12. The molecular formula is C10H12F4N+. The highest BCUT2D eigenvalue weighted by molar-refractivity contribution is 5.42. The second-order valence-electron chi connectivity index (χ2n) is 3.32. The van der Waals surface area contributed by atoms with Gasteiger partial charge < -0.3 is 5.73 Å². The van der Waals surface area contributed by atoms with Gasteiger partial charge in [0.2, 0.25) is 11.6 Å². The van der Waals surface area contributed by atoms with Crippen molar-refractivity contribution in [3.8, 4) is 0 Å². The van der Waals surface area contributed by atoms with E-state index in [1.165, 1.54) is 0 Å². The molecule has 0 aliphatic carbocycles. The first-order chi connectivity index (χ1) is 7.00. The number of hydrogen-bond donors (Lipinski definition) is 1. The lowest BCUT2D eigenvalue weighted by Gasteiger charge is -2.06. The van der Waals surface area contributed by atoms with Crippen molar-refractivity contribution in [2.75, 3.05) is 0 Å². The number of halogens is 4. The molecule has 0 saturated carbocycles. The fourth-order valence-electron chi connectivity index (χ4n) is 1.34. The summed E-state index contributed by atoms with van der Waals surface area (Å²) in [6.07, 6.45) is 1.48. The van der Waals surface area contributed by atoms with Crippen molar-refractivity contribution in [2.24, 2.45) is 0 Å². The van der Waals surface area contributed by atoms with Gasteiger partial charge in [-0.25, -0.2) is 13.2 Å². The van der Waals surface area contributed by atoms with Crippen molar-refractivity contribution < 1.29 is 23.3 Å². The quantitative estimate of drug-likeness (QED) is 0.462. The summed E-state index contributed by atoms with van der Waals surface area (Å²) in [6, 6.07) is 0. The molecule has 0 heterocycles. The van der Waals surface area contributed by atoms with E-state index in [9.17, 15) is 17.6 Å². The first-order valence-electron chi connectivity index (χ1n) is 4.67. The molecule has 1 rings (SSSR count). The average Bonchev–Trinajstić information content (AvgIpc) is 2.24. The molecule has 0 radical (unpaired) electrons. The van der Waals surface area contributed by atoms with E-state index in [2.05, 4.69) is 5.73 Å². The Morgan fingerprint density at radius 2 is 1.47 bits per heavy atom. The molecular weight excluding hydrogens is 210 g/mol. The van der Waals surface area contributed by atoms with Gasteiger partial charge in [0.05, 0.1) is 5.56 Å². The van der Waals surface area contributed by atoms with Crippen LogP contribution in [0.1, 0.15) is 25.3 Å². The molecule has 0 bridgehead atoms. The fraction of sp³-hybridized carbons (Fsp3) is 0.400. The van der Waals surface area contributed by atoms with Gasteiger partial charge in [-0.2, -0.15) is 4.39 Å². The van der Waals surface area contributed by atoms with Crippen LogP contribution < -0.4 is 5.73 Å². The SMILES string of the molecule is CCCCc1c([NH3+])c(F)c(F)c(F)c1F. The first-order valence-corrected chi connectivity index (χ1v) is 4.67. The van der Waals surface area contributed by atoms with Gasteiger partial charge in [-0.3, -0.25) is 0 Å². The number of benzene rings is 1. The van der Waals surface area contributed by atoms with Crippen LogP contribution >= 0.6 is 0 Å². The molecule has 1 aromatic rings. The Balaban J connectivity index is 3.26. The lowest BCUT2D eigenvalue weighted by Crippen LogP contribution is -2.43. The van der Waals surface area contributed by atoms with Gasteiger partial charge in [0.15, 0.2) is 17.3 Å². The van der Waals surface area contributed by atoms with E-state index >= 15 is 0 Å². The zero-order valence-corrected chi connectivity index (χ0v) is 8.34. The normalized spacial score (nSPS) is 10.8. The summed E-state index contributed by atoms with van der Waals surface area (Å²) in [6.45, 7) is 1.86. The van der Waals surface area contributed by atoms with Crippen LogP contribution in [-0.4, -0.2) is 0 Å². The second kappa shape index (κ2) is 4.61. The van der Waals surface area contributed by atoms with Crippen LogP contribution in [0.15, 0.2) is 0 Å². The molecule has 1 nitrogen and oxygen atoms in total. The highest BCUT2D eigenvalue weighted by Crippen LogP contribution is 2.26. The molecule has 0 aliphatic heterocycles. The molecule has 0 atom stereocenters. The van der Waals surface area contributed by atoms with E-state index in [1.54, 1.807) is 0 Å². The summed E-state index contributed by atoms with van der Waals surface area (Å²) in [5.41, 5.74) is 2.65. The molecule has 3 N–H and O–H groups in total. The van der Waals surface area contributed by atoms with Gasteiger partial charge in [-0.15, -0.1) is 0 Å². The van der Waals surface area contributed by atoms with Crippen LogP contribution in [0.4, 0.5) is 23.2 Å². The summed E-state index contributed by atoms with van der Waals surface area (Å²) in [7, 11) is 0. The number of rotatable bonds is 3.